The second kappa shape index (κ2) is 4.58. The van der Waals surface area contributed by atoms with Crippen LogP contribution in [0, 0.1) is 0 Å². The Labute approximate surface area is 95.6 Å². The third-order valence-electron chi connectivity index (χ3n) is 2.74. The van der Waals surface area contributed by atoms with E-state index in [-0.39, 0.29) is 6.10 Å². The maximum atomic E-state index is 5.63. The summed E-state index contributed by atoms with van der Waals surface area (Å²) in [5.41, 5.74) is 2.25. The summed E-state index contributed by atoms with van der Waals surface area (Å²) >= 11 is 0. The molecule has 1 unspecified atom stereocenters. The van der Waals surface area contributed by atoms with Crippen molar-refractivity contribution in [1.29, 1.82) is 0 Å². The second-order valence-corrected chi connectivity index (χ2v) is 3.87. The zero-order chi connectivity index (χ0) is 11.5. The highest BCUT2D eigenvalue weighted by Gasteiger charge is 2.21. The first-order valence-corrected chi connectivity index (χ1v) is 5.24. The smallest absolute Gasteiger partial charge is 0.161 e. The molecule has 1 heterocycles. The molecule has 0 spiro atoms. The van der Waals surface area contributed by atoms with Crippen LogP contribution in [-0.2, 0) is 4.74 Å². The Morgan fingerprint density at radius 2 is 2.00 bits per heavy atom. The van der Waals surface area contributed by atoms with Gasteiger partial charge in [0.1, 0.15) is 0 Å². The van der Waals surface area contributed by atoms with Crippen LogP contribution in [0.5, 0.6) is 11.5 Å². The van der Waals surface area contributed by atoms with Crippen LogP contribution < -0.4 is 9.47 Å². The molecule has 1 aliphatic rings. The lowest BCUT2D eigenvalue weighted by Crippen LogP contribution is -1.98. The van der Waals surface area contributed by atoms with Gasteiger partial charge in [0.15, 0.2) is 11.5 Å². The summed E-state index contributed by atoms with van der Waals surface area (Å²) in [6.45, 7) is 4.58. The molecule has 0 saturated carbocycles. The van der Waals surface area contributed by atoms with E-state index in [1.54, 1.807) is 14.2 Å². The van der Waals surface area contributed by atoms with Gasteiger partial charge in [-0.1, -0.05) is 12.6 Å². The first kappa shape index (κ1) is 11.0. The molecule has 86 valence electrons. The fraction of sp³-hybridized carbons (Fsp3) is 0.385. The Morgan fingerprint density at radius 1 is 1.25 bits per heavy atom. The summed E-state index contributed by atoms with van der Waals surface area (Å²) in [5.74, 6) is 1.48. The molecule has 1 fully saturated rings. The average molecular weight is 220 g/mol. The molecule has 1 aliphatic heterocycles. The molecule has 1 atom stereocenters. The Morgan fingerprint density at radius 3 is 2.56 bits per heavy atom. The molecule has 0 radical (unpaired) electrons. The standard InChI is InChI=1S/C13H16O3/c1-9-6-12(16-8-9)10-4-5-11(14-2)13(7-10)15-3/h4-5,7,12H,1,6,8H2,2-3H3. The summed E-state index contributed by atoms with van der Waals surface area (Å²) in [6.07, 6.45) is 0.988. The molecule has 16 heavy (non-hydrogen) atoms. The fourth-order valence-corrected chi connectivity index (χ4v) is 1.87. The summed E-state index contributed by atoms with van der Waals surface area (Å²) < 4.78 is 16.1. The minimum Gasteiger partial charge on any atom is -0.493 e. The molecular weight excluding hydrogens is 204 g/mol. The molecule has 0 bridgehead atoms. The van der Waals surface area contributed by atoms with Gasteiger partial charge in [-0.15, -0.1) is 0 Å². The maximum Gasteiger partial charge on any atom is 0.161 e. The summed E-state index contributed by atoms with van der Waals surface area (Å²) in [6, 6.07) is 5.87. The summed E-state index contributed by atoms with van der Waals surface area (Å²) in [5, 5.41) is 0. The zero-order valence-corrected chi connectivity index (χ0v) is 9.66. The van der Waals surface area contributed by atoms with Gasteiger partial charge in [0.25, 0.3) is 0 Å². The molecular formula is C13H16O3. The third-order valence-corrected chi connectivity index (χ3v) is 2.74. The van der Waals surface area contributed by atoms with Crippen molar-refractivity contribution in [3.63, 3.8) is 0 Å². The minimum absolute atomic E-state index is 0.104. The molecule has 1 saturated heterocycles. The van der Waals surface area contributed by atoms with Gasteiger partial charge in [-0.25, -0.2) is 0 Å². The predicted octanol–water partition coefficient (Wildman–Crippen LogP) is 2.72. The van der Waals surface area contributed by atoms with Crippen molar-refractivity contribution in [1.82, 2.24) is 0 Å². The predicted molar refractivity (Wildman–Crippen MR) is 62.0 cm³/mol. The lowest BCUT2D eigenvalue weighted by molar-refractivity contribution is 0.114. The highest BCUT2D eigenvalue weighted by atomic mass is 16.5. The van der Waals surface area contributed by atoms with Crippen LogP contribution in [0.4, 0.5) is 0 Å². The third kappa shape index (κ3) is 2.04. The number of benzene rings is 1. The van der Waals surface area contributed by atoms with Crippen molar-refractivity contribution in [3.05, 3.63) is 35.9 Å². The first-order chi connectivity index (χ1) is 7.74. The molecule has 0 aliphatic carbocycles. The lowest BCUT2D eigenvalue weighted by Gasteiger charge is -2.13. The van der Waals surface area contributed by atoms with Crippen LogP contribution in [0.15, 0.2) is 30.4 Å². The number of hydrogen-bond donors (Lipinski definition) is 0. The van der Waals surface area contributed by atoms with Gasteiger partial charge in [0.2, 0.25) is 0 Å². The van der Waals surface area contributed by atoms with E-state index in [2.05, 4.69) is 6.58 Å². The number of methoxy groups -OCH3 is 2. The van der Waals surface area contributed by atoms with Crippen molar-refractivity contribution in [2.24, 2.45) is 0 Å². The van der Waals surface area contributed by atoms with E-state index in [0.29, 0.717) is 6.61 Å². The Balaban J connectivity index is 2.25. The summed E-state index contributed by atoms with van der Waals surface area (Å²) in [7, 11) is 3.27. The molecule has 1 aromatic carbocycles. The fourth-order valence-electron chi connectivity index (χ4n) is 1.87. The van der Waals surface area contributed by atoms with Gasteiger partial charge in [0.05, 0.1) is 26.9 Å². The van der Waals surface area contributed by atoms with Gasteiger partial charge in [-0.3, -0.25) is 0 Å². The van der Waals surface area contributed by atoms with Gasteiger partial charge in [0, 0.05) is 6.42 Å². The van der Waals surface area contributed by atoms with Crippen LogP contribution in [0.1, 0.15) is 18.1 Å². The van der Waals surface area contributed by atoms with Crippen LogP contribution in [0.25, 0.3) is 0 Å². The van der Waals surface area contributed by atoms with Crippen molar-refractivity contribution >= 4 is 0 Å². The van der Waals surface area contributed by atoms with E-state index < -0.39 is 0 Å². The Bertz CT molecular complexity index is 398. The molecule has 0 N–H and O–H groups in total. The van der Waals surface area contributed by atoms with Crippen molar-refractivity contribution in [3.8, 4) is 11.5 Å². The van der Waals surface area contributed by atoms with E-state index in [1.807, 2.05) is 18.2 Å². The van der Waals surface area contributed by atoms with Crippen molar-refractivity contribution in [2.45, 2.75) is 12.5 Å². The van der Waals surface area contributed by atoms with E-state index in [9.17, 15) is 0 Å². The van der Waals surface area contributed by atoms with Gasteiger partial charge in [-0.2, -0.15) is 0 Å². The maximum absolute atomic E-state index is 5.63. The van der Waals surface area contributed by atoms with Gasteiger partial charge in [-0.05, 0) is 23.3 Å². The Hall–Kier alpha value is -1.48. The van der Waals surface area contributed by atoms with E-state index in [4.69, 9.17) is 14.2 Å². The Kier molecular flexibility index (Phi) is 3.15. The molecule has 0 amide bonds. The topological polar surface area (TPSA) is 27.7 Å². The molecule has 2 rings (SSSR count). The molecule has 3 heteroatoms. The highest BCUT2D eigenvalue weighted by Crippen LogP contribution is 2.36. The van der Waals surface area contributed by atoms with E-state index in [0.717, 1.165) is 29.1 Å². The van der Waals surface area contributed by atoms with E-state index >= 15 is 0 Å². The van der Waals surface area contributed by atoms with Crippen LogP contribution >= 0.6 is 0 Å². The number of rotatable bonds is 3. The first-order valence-electron chi connectivity index (χ1n) is 5.24. The second-order valence-electron chi connectivity index (χ2n) is 3.87. The largest absolute Gasteiger partial charge is 0.493 e. The molecule has 1 aromatic rings. The normalized spacial score (nSPS) is 19.9. The molecule has 0 aromatic heterocycles. The van der Waals surface area contributed by atoms with Gasteiger partial charge < -0.3 is 14.2 Å². The minimum atomic E-state index is 0.104. The highest BCUT2D eigenvalue weighted by molar-refractivity contribution is 5.44. The van der Waals surface area contributed by atoms with Crippen molar-refractivity contribution in [2.75, 3.05) is 20.8 Å². The number of ether oxygens (including phenoxy) is 3. The van der Waals surface area contributed by atoms with Crippen LogP contribution in [-0.4, -0.2) is 20.8 Å². The summed E-state index contributed by atoms with van der Waals surface area (Å²) in [4.78, 5) is 0. The molecule has 3 nitrogen and oxygen atoms in total. The number of hydrogen-bond acceptors (Lipinski definition) is 3. The van der Waals surface area contributed by atoms with Gasteiger partial charge >= 0.3 is 0 Å². The van der Waals surface area contributed by atoms with Crippen LogP contribution in [0.2, 0.25) is 0 Å². The lowest BCUT2D eigenvalue weighted by atomic mass is 10.0. The van der Waals surface area contributed by atoms with E-state index in [1.165, 1.54) is 0 Å². The quantitative estimate of drug-likeness (QED) is 0.733. The monoisotopic (exact) mass is 220 g/mol. The van der Waals surface area contributed by atoms with Crippen molar-refractivity contribution < 1.29 is 14.2 Å². The average Bonchev–Trinajstić information content (AvgIpc) is 2.75. The van der Waals surface area contributed by atoms with Crippen LogP contribution in [0.3, 0.4) is 0 Å². The SMILES string of the molecule is C=C1COC(c2ccc(OC)c(OC)c2)C1. The zero-order valence-electron chi connectivity index (χ0n) is 9.66.